The van der Waals surface area contributed by atoms with Crippen LogP contribution in [0, 0.1) is 0 Å². The number of pyridine rings is 1. The fraction of sp³-hybridized carbons (Fsp3) is 0.250. The van der Waals surface area contributed by atoms with E-state index in [1.165, 1.54) is 0 Å². The fourth-order valence-electron chi connectivity index (χ4n) is 1.10. The lowest BCUT2D eigenvalue weighted by Gasteiger charge is -2.09. The monoisotopic (exact) mass is 217 g/mol. The van der Waals surface area contributed by atoms with E-state index in [9.17, 15) is 13.6 Å². The van der Waals surface area contributed by atoms with Crippen molar-refractivity contribution in [3.8, 4) is 0 Å². The molecular formula is C8H9F2N3O2. The molecule has 0 aliphatic rings. The van der Waals surface area contributed by atoms with Crippen molar-refractivity contribution in [2.45, 2.75) is 6.43 Å². The van der Waals surface area contributed by atoms with Crippen molar-refractivity contribution < 1.29 is 18.3 Å². The Kier molecular flexibility index (Phi) is 3.03. The molecule has 15 heavy (non-hydrogen) atoms. The van der Waals surface area contributed by atoms with Crippen LogP contribution in [0.15, 0.2) is 6.07 Å². The largest absolute Gasteiger partial charge is 0.465 e. The molecule has 0 aliphatic heterocycles. The van der Waals surface area contributed by atoms with Crippen LogP contribution in [-0.2, 0) is 4.74 Å². The Hall–Kier alpha value is -1.92. The van der Waals surface area contributed by atoms with Gasteiger partial charge in [0.25, 0.3) is 6.43 Å². The average molecular weight is 217 g/mol. The minimum atomic E-state index is -2.91. The van der Waals surface area contributed by atoms with Crippen molar-refractivity contribution >= 4 is 17.6 Å². The smallest absolute Gasteiger partial charge is 0.338 e. The van der Waals surface area contributed by atoms with Gasteiger partial charge in [-0.15, -0.1) is 0 Å². The number of halogens is 2. The lowest BCUT2D eigenvalue weighted by Crippen LogP contribution is -2.11. The molecule has 5 nitrogen and oxygen atoms in total. The Morgan fingerprint density at radius 1 is 1.53 bits per heavy atom. The first-order chi connectivity index (χ1) is 6.97. The number of methoxy groups -OCH3 is 1. The molecule has 0 unspecified atom stereocenters. The zero-order chi connectivity index (χ0) is 11.6. The summed E-state index contributed by atoms with van der Waals surface area (Å²) in [5.74, 6) is -1.51. The van der Waals surface area contributed by atoms with E-state index < -0.39 is 23.8 Å². The molecule has 0 aromatic carbocycles. The highest BCUT2D eigenvalue weighted by Crippen LogP contribution is 2.29. The van der Waals surface area contributed by atoms with Gasteiger partial charge in [0.1, 0.15) is 11.6 Å². The molecule has 7 heteroatoms. The third-order valence-corrected chi connectivity index (χ3v) is 1.73. The zero-order valence-corrected chi connectivity index (χ0v) is 7.83. The van der Waals surface area contributed by atoms with E-state index in [0.717, 1.165) is 13.2 Å². The van der Waals surface area contributed by atoms with Crippen LogP contribution in [0.4, 0.5) is 20.4 Å². The maximum absolute atomic E-state index is 12.5. The molecule has 0 fully saturated rings. The number of alkyl halides is 2. The van der Waals surface area contributed by atoms with E-state index in [0.29, 0.717) is 0 Å². The summed E-state index contributed by atoms with van der Waals surface area (Å²) < 4.78 is 29.4. The van der Waals surface area contributed by atoms with Crippen molar-refractivity contribution in [2.24, 2.45) is 0 Å². The lowest BCUT2D eigenvalue weighted by atomic mass is 10.1. The molecule has 0 saturated heterocycles. The van der Waals surface area contributed by atoms with E-state index in [4.69, 9.17) is 11.5 Å². The van der Waals surface area contributed by atoms with Gasteiger partial charge in [-0.2, -0.15) is 0 Å². The fourth-order valence-corrected chi connectivity index (χ4v) is 1.10. The Balaban J connectivity index is 3.40. The first-order valence-corrected chi connectivity index (χ1v) is 3.89. The van der Waals surface area contributed by atoms with Crippen LogP contribution < -0.4 is 11.5 Å². The summed E-state index contributed by atoms with van der Waals surface area (Å²) in [4.78, 5) is 14.6. The van der Waals surface area contributed by atoms with E-state index in [1.807, 2.05) is 0 Å². The number of aromatic nitrogens is 1. The highest BCUT2D eigenvalue weighted by Gasteiger charge is 2.23. The zero-order valence-electron chi connectivity index (χ0n) is 7.83. The number of nitrogens with zero attached hydrogens (tertiary/aromatic N) is 1. The van der Waals surface area contributed by atoms with Crippen LogP contribution >= 0.6 is 0 Å². The Bertz CT molecular complexity index is 396. The van der Waals surface area contributed by atoms with Gasteiger partial charge in [-0.3, -0.25) is 0 Å². The highest BCUT2D eigenvalue weighted by molar-refractivity contribution is 5.93. The molecule has 0 saturated carbocycles. The van der Waals surface area contributed by atoms with E-state index in [2.05, 4.69) is 9.72 Å². The molecule has 1 aromatic rings. The number of carbonyl (C=O) groups excluding carboxylic acids is 1. The second-order valence-electron chi connectivity index (χ2n) is 2.69. The molecule has 1 rings (SSSR count). The number of esters is 1. The van der Waals surface area contributed by atoms with E-state index in [-0.39, 0.29) is 11.4 Å². The first-order valence-electron chi connectivity index (χ1n) is 3.89. The van der Waals surface area contributed by atoms with Crippen molar-refractivity contribution in [2.75, 3.05) is 18.6 Å². The molecule has 82 valence electrons. The number of hydrogen-bond donors (Lipinski definition) is 2. The van der Waals surface area contributed by atoms with Gasteiger partial charge in [0, 0.05) is 0 Å². The second kappa shape index (κ2) is 4.07. The third-order valence-electron chi connectivity index (χ3n) is 1.73. The topological polar surface area (TPSA) is 91.2 Å². The molecule has 4 N–H and O–H groups in total. The number of nitrogen functional groups attached to an aromatic ring is 2. The van der Waals surface area contributed by atoms with Gasteiger partial charge in [-0.05, 0) is 6.07 Å². The minimum absolute atomic E-state index is 0.114. The van der Waals surface area contributed by atoms with Gasteiger partial charge in [-0.25, -0.2) is 18.6 Å². The number of anilines is 2. The van der Waals surface area contributed by atoms with Gasteiger partial charge in [0.05, 0.1) is 18.2 Å². The first kappa shape index (κ1) is 11.2. The average Bonchev–Trinajstić information content (AvgIpc) is 2.14. The number of nitrogens with two attached hydrogens (primary N) is 2. The summed E-state index contributed by atoms with van der Waals surface area (Å²) in [6.07, 6.45) is -2.91. The van der Waals surface area contributed by atoms with E-state index in [1.54, 1.807) is 0 Å². The predicted molar refractivity (Wildman–Crippen MR) is 49.4 cm³/mol. The van der Waals surface area contributed by atoms with Crippen LogP contribution in [-0.4, -0.2) is 18.1 Å². The summed E-state index contributed by atoms with van der Waals surface area (Å²) in [5, 5.41) is 0. The summed E-state index contributed by atoms with van der Waals surface area (Å²) in [5.41, 5.74) is 9.49. The van der Waals surface area contributed by atoms with Gasteiger partial charge >= 0.3 is 5.97 Å². The Labute approximate surface area is 84.0 Å². The summed E-state index contributed by atoms with van der Waals surface area (Å²) >= 11 is 0. The van der Waals surface area contributed by atoms with Crippen LogP contribution in [0.1, 0.15) is 22.3 Å². The molecule has 1 heterocycles. The van der Waals surface area contributed by atoms with Crippen molar-refractivity contribution in [3.63, 3.8) is 0 Å². The van der Waals surface area contributed by atoms with E-state index >= 15 is 0 Å². The quantitative estimate of drug-likeness (QED) is 0.720. The SMILES string of the molecule is COC(=O)c1cc(N)nc(N)c1C(F)F. The molecule has 0 spiro atoms. The number of hydrogen-bond acceptors (Lipinski definition) is 5. The molecule has 0 aliphatic carbocycles. The summed E-state index contributed by atoms with van der Waals surface area (Å²) in [7, 11) is 1.07. The second-order valence-corrected chi connectivity index (χ2v) is 2.69. The third kappa shape index (κ3) is 2.12. The van der Waals surface area contributed by atoms with Crippen LogP contribution in [0.5, 0.6) is 0 Å². The normalized spacial score (nSPS) is 10.4. The van der Waals surface area contributed by atoms with Crippen LogP contribution in [0.2, 0.25) is 0 Å². The van der Waals surface area contributed by atoms with Crippen LogP contribution in [0.3, 0.4) is 0 Å². The Morgan fingerprint density at radius 2 is 2.13 bits per heavy atom. The lowest BCUT2D eigenvalue weighted by molar-refractivity contribution is 0.0589. The van der Waals surface area contributed by atoms with Gasteiger partial charge in [0.2, 0.25) is 0 Å². The van der Waals surface area contributed by atoms with Gasteiger partial charge in [0.15, 0.2) is 0 Å². The molecule has 0 bridgehead atoms. The molecule has 0 atom stereocenters. The molecule has 1 aromatic heterocycles. The predicted octanol–water partition coefficient (Wildman–Crippen LogP) is 0.970. The molecule has 0 amide bonds. The number of ether oxygens (including phenoxy) is 1. The Morgan fingerprint density at radius 3 is 2.60 bits per heavy atom. The van der Waals surface area contributed by atoms with Crippen LogP contribution in [0.25, 0.3) is 0 Å². The molecular weight excluding hydrogens is 208 g/mol. The summed E-state index contributed by atoms with van der Waals surface area (Å²) in [6, 6.07) is 1.00. The van der Waals surface area contributed by atoms with Crippen molar-refractivity contribution in [3.05, 3.63) is 17.2 Å². The van der Waals surface area contributed by atoms with Gasteiger partial charge < -0.3 is 16.2 Å². The standard InChI is InChI=1S/C8H9F2N3O2/c1-15-8(14)3-2-4(11)13-7(12)5(3)6(9)10/h2,6H,1H3,(H4,11,12,13). The molecule has 0 radical (unpaired) electrons. The minimum Gasteiger partial charge on any atom is -0.465 e. The number of rotatable bonds is 2. The summed E-state index contributed by atoms with van der Waals surface area (Å²) in [6.45, 7) is 0. The van der Waals surface area contributed by atoms with Crippen molar-refractivity contribution in [1.82, 2.24) is 4.98 Å². The maximum atomic E-state index is 12.5. The van der Waals surface area contributed by atoms with Crippen molar-refractivity contribution in [1.29, 1.82) is 0 Å². The highest BCUT2D eigenvalue weighted by atomic mass is 19.3. The maximum Gasteiger partial charge on any atom is 0.338 e. The number of carbonyl (C=O) groups is 1. The van der Waals surface area contributed by atoms with Gasteiger partial charge in [-0.1, -0.05) is 0 Å².